The molecule has 11 heteroatoms. The number of rotatable bonds is 5. The summed E-state index contributed by atoms with van der Waals surface area (Å²) in [6.45, 7) is 3.34. The Morgan fingerprint density at radius 1 is 0.967 bits per heavy atom. The highest BCUT2D eigenvalue weighted by molar-refractivity contribution is 5.69. The van der Waals surface area contributed by atoms with Crippen LogP contribution in [0, 0.1) is 29.8 Å². The van der Waals surface area contributed by atoms with Crippen molar-refractivity contribution in [3.63, 3.8) is 0 Å². The zero-order valence-corrected chi connectivity index (χ0v) is 15.8. The van der Waals surface area contributed by atoms with Crippen LogP contribution in [0.15, 0.2) is 44.3 Å². The summed E-state index contributed by atoms with van der Waals surface area (Å²) in [4.78, 5) is 35.5. The number of hydrogen-bond acceptors (Lipinski definition) is 5. The maximum atomic E-state index is 13.5. The SMILES string of the molecule is Cc1[nH][nH]c(=O)c1C(c1ccc(-c2ccc(F)cc2[N+](=O)[O-])o1)c1c(C)[nH][nH]c1=O. The molecule has 0 radical (unpaired) electrons. The molecule has 0 atom stereocenters. The summed E-state index contributed by atoms with van der Waals surface area (Å²) in [7, 11) is 0. The standard InChI is InChI=1S/C19H16FN5O5/c1-8-15(18(26)23-21-8)17(16-9(2)22-24-19(16)27)14-6-5-13(30-14)11-4-3-10(20)7-12(11)25(28)29/h3-7,17H,1-2H3,(H2,21,23,26)(H2,22,24,27). The van der Waals surface area contributed by atoms with E-state index < -0.39 is 33.5 Å². The lowest BCUT2D eigenvalue weighted by molar-refractivity contribution is -0.384. The Morgan fingerprint density at radius 2 is 1.57 bits per heavy atom. The van der Waals surface area contributed by atoms with Gasteiger partial charge in [-0.25, -0.2) is 4.39 Å². The van der Waals surface area contributed by atoms with Crippen LogP contribution in [0.1, 0.15) is 34.2 Å². The molecule has 0 saturated heterocycles. The topological polar surface area (TPSA) is 154 Å². The van der Waals surface area contributed by atoms with Crippen molar-refractivity contribution in [2.24, 2.45) is 0 Å². The summed E-state index contributed by atoms with van der Waals surface area (Å²) in [5.74, 6) is -1.29. The first kappa shape index (κ1) is 19.2. The number of aromatic amines is 4. The molecule has 154 valence electrons. The first-order valence-corrected chi connectivity index (χ1v) is 8.86. The van der Waals surface area contributed by atoms with Crippen LogP contribution in [-0.4, -0.2) is 25.3 Å². The highest BCUT2D eigenvalue weighted by Gasteiger charge is 2.31. The Labute approximate surface area is 166 Å². The van der Waals surface area contributed by atoms with Crippen LogP contribution in [0.3, 0.4) is 0 Å². The summed E-state index contributed by atoms with van der Waals surface area (Å²) in [6.07, 6.45) is 0. The van der Waals surface area contributed by atoms with Crippen molar-refractivity contribution < 1.29 is 13.7 Å². The van der Waals surface area contributed by atoms with Gasteiger partial charge in [-0.3, -0.25) is 29.9 Å². The average Bonchev–Trinajstić information content (AvgIpc) is 3.39. The maximum absolute atomic E-state index is 13.5. The first-order chi connectivity index (χ1) is 14.3. The number of hydrogen-bond donors (Lipinski definition) is 4. The van der Waals surface area contributed by atoms with Crippen molar-refractivity contribution in [1.82, 2.24) is 20.4 Å². The van der Waals surface area contributed by atoms with E-state index in [0.717, 1.165) is 12.1 Å². The lowest BCUT2D eigenvalue weighted by Crippen LogP contribution is -2.19. The molecule has 3 heterocycles. The minimum atomic E-state index is -0.872. The number of benzene rings is 1. The number of H-pyrrole nitrogens is 4. The fourth-order valence-corrected chi connectivity index (χ4v) is 3.55. The molecule has 30 heavy (non-hydrogen) atoms. The van der Waals surface area contributed by atoms with Gasteiger partial charge in [0.1, 0.15) is 17.3 Å². The second kappa shape index (κ2) is 7.03. The van der Waals surface area contributed by atoms with Gasteiger partial charge >= 0.3 is 0 Å². The van der Waals surface area contributed by atoms with E-state index in [1.165, 1.54) is 18.2 Å². The summed E-state index contributed by atoms with van der Waals surface area (Å²) >= 11 is 0. The van der Waals surface area contributed by atoms with Crippen molar-refractivity contribution in [2.75, 3.05) is 0 Å². The largest absolute Gasteiger partial charge is 0.460 e. The molecular formula is C19H16FN5O5. The molecule has 10 nitrogen and oxygen atoms in total. The third-order valence-electron chi connectivity index (χ3n) is 4.93. The van der Waals surface area contributed by atoms with Gasteiger partial charge in [-0.2, -0.15) is 0 Å². The highest BCUT2D eigenvalue weighted by Crippen LogP contribution is 2.37. The molecule has 0 aliphatic rings. The van der Waals surface area contributed by atoms with Gasteiger partial charge in [0.15, 0.2) is 0 Å². The molecule has 3 aromatic heterocycles. The number of nitro benzene ring substituents is 1. The minimum absolute atomic E-state index is 0.0748. The molecule has 1 aromatic carbocycles. The Hall–Kier alpha value is -4.15. The molecule has 0 aliphatic heterocycles. The van der Waals surface area contributed by atoms with Crippen molar-refractivity contribution in [3.8, 4) is 11.3 Å². The molecule has 4 aromatic rings. The normalized spacial score (nSPS) is 11.3. The summed E-state index contributed by atoms with van der Waals surface area (Å²) in [5.41, 5.74) is 0.331. The predicted octanol–water partition coefficient (Wildman–Crippen LogP) is 2.82. The number of nitrogens with one attached hydrogen (secondary N) is 4. The Kier molecular flexibility index (Phi) is 4.49. The average molecular weight is 413 g/mol. The van der Waals surface area contributed by atoms with Crippen molar-refractivity contribution in [1.29, 1.82) is 0 Å². The van der Waals surface area contributed by atoms with E-state index in [-0.39, 0.29) is 28.2 Å². The molecule has 0 amide bonds. The van der Waals surface area contributed by atoms with Gasteiger partial charge in [-0.05, 0) is 38.1 Å². The monoisotopic (exact) mass is 413 g/mol. The van der Waals surface area contributed by atoms with Gasteiger partial charge < -0.3 is 14.6 Å². The van der Waals surface area contributed by atoms with Crippen molar-refractivity contribution >= 4 is 5.69 Å². The Balaban J connectivity index is 1.92. The van der Waals surface area contributed by atoms with E-state index in [1.807, 2.05) is 0 Å². The molecule has 4 N–H and O–H groups in total. The van der Waals surface area contributed by atoms with E-state index in [9.17, 15) is 24.1 Å². The third-order valence-corrected chi connectivity index (χ3v) is 4.93. The van der Waals surface area contributed by atoms with Crippen LogP contribution in [0.2, 0.25) is 0 Å². The smallest absolute Gasteiger partial charge is 0.283 e. The fraction of sp³-hybridized carbons (Fsp3) is 0.158. The zero-order valence-electron chi connectivity index (χ0n) is 15.8. The van der Waals surface area contributed by atoms with Gasteiger partial charge in [0, 0.05) is 11.4 Å². The first-order valence-electron chi connectivity index (χ1n) is 8.86. The lowest BCUT2D eigenvalue weighted by atomic mass is 9.89. The van der Waals surface area contributed by atoms with E-state index in [1.54, 1.807) is 13.8 Å². The highest BCUT2D eigenvalue weighted by atomic mass is 19.1. The van der Waals surface area contributed by atoms with Crippen LogP contribution in [0.5, 0.6) is 0 Å². The van der Waals surface area contributed by atoms with Crippen LogP contribution < -0.4 is 11.1 Å². The number of aryl methyl sites for hydroxylation is 2. The minimum Gasteiger partial charge on any atom is -0.460 e. The molecule has 0 fully saturated rings. The predicted molar refractivity (Wildman–Crippen MR) is 104 cm³/mol. The second-order valence-corrected chi connectivity index (χ2v) is 6.79. The lowest BCUT2D eigenvalue weighted by Gasteiger charge is -2.12. The van der Waals surface area contributed by atoms with Gasteiger partial charge in [-0.15, -0.1) is 0 Å². The van der Waals surface area contributed by atoms with Crippen LogP contribution in [0.4, 0.5) is 10.1 Å². The summed E-state index contributed by atoms with van der Waals surface area (Å²) in [5, 5.41) is 21.7. The number of halogens is 1. The molecular weight excluding hydrogens is 397 g/mol. The van der Waals surface area contributed by atoms with Gasteiger partial charge in [0.2, 0.25) is 0 Å². The summed E-state index contributed by atoms with van der Waals surface area (Å²) in [6, 6.07) is 6.15. The number of nitrogens with zero attached hydrogens (tertiary/aromatic N) is 1. The summed E-state index contributed by atoms with van der Waals surface area (Å²) < 4.78 is 19.4. The van der Waals surface area contributed by atoms with Crippen molar-refractivity contribution in [3.05, 3.63) is 95.2 Å². The molecule has 0 bridgehead atoms. The second-order valence-electron chi connectivity index (χ2n) is 6.79. The number of nitro groups is 1. The van der Waals surface area contributed by atoms with Crippen molar-refractivity contribution in [2.45, 2.75) is 19.8 Å². The zero-order chi connectivity index (χ0) is 21.6. The van der Waals surface area contributed by atoms with Crippen LogP contribution in [-0.2, 0) is 0 Å². The quantitative estimate of drug-likeness (QED) is 0.293. The van der Waals surface area contributed by atoms with E-state index >= 15 is 0 Å². The van der Waals surface area contributed by atoms with E-state index in [2.05, 4.69) is 20.4 Å². The fourth-order valence-electron chi connectivity index (χ4n) is 3.55. The molecule has 0 unspecified atom stereocenters. The molecule has 0 aliphatic carbocycles. The van der Waals surface area contributed by atoms with E-state index in [4.69, 9.17) is 4.42 Å². The van der Waals surface area contributed by atoms with Gasteiger partial charge in [0.25, 0.3) is 16.8 Å². The van der Waals surface area contributed by atoms with Crippen LogP contribution in [0.25, 0.3) is 11.3 Å². The Bertz CT molecular complexity index is 1320. The number of aromatic nitrogens is 4. The maximum Gasteiger partial charge on any atom is 0.283 e. The van der Waals surface area contributed by atoms with Crippen LogP contribution >= 0.6 is 0 Å². The van der Waals surface area contributed by atoms with Gasteiger partial charge in [-0.1, -0.05) is 0 Å². The van der Waals surface area contributed by atoms with Gasteiger partial charge in [0.05, 0.1) is 33.6 Å². The molecule has 0 spiro atoms. The molecule has 0 saturated carbocycles. The molecule has 4 rings (SSSR count). The Morgan fingerprint density at radius 3 is 2.07 bits per heavy atom. The number of furan rings is 1. The third kappa shape index (κ3) is 3.05. The van der Waals surface area contributed by atoms with E-state index in [0.29, 0.717) is 11.4 Å².